The van der Waals surface area contributed by atoms with E-state index in [0.717, 1.165) is 30.9 Å². The minimum Gasteiger partial charge on any atom is -0.326 e. The lowest BCUT2D eigenvalue weighted by Gasteiger charge is -2.14. The molecular weight excluding hydrogens is 250 g/mol. The first kappa shape index (κ1) is 13.3. The number of aryl methyl sites for hydroxylation is 1. The van der Waals surface area contributed by atoms with E-state index < -0.39 is 0 Å². The average Bonchev–Trinajstić information content (AvgIpc) is 2.94. The van der Waals surface area contributed by atoms with E-state index in [1.807, 2.05) is 36.3 Å². The van der Waals surface area contributed by atoms with E-state index in [1.165, 1.54) is 5.56 Å². The van der Waals surface area contributed by atoms with Crippen LogP contribution in [0.1, 0.15) is 12.5 Å². The Kier molecular flexibility index (Phi) is 3.54. The summed E-state index contributed by atoms with van der Waals surface area (Å²) < 4.78 is 1.88. The van der Waals surface area contributed by atoms with Crippen LogP contribution in [0.2, 0.25) is 0 Å². The summed E-state index contributed by atoms with van der Waals surface area (Å²) in [6.45, 7) is 5.15. The van der Waals surface area contributed by atoms with E-state index in [4.69, 9.17) is 5.73 Å². The molecule has 0 aromatic carbocycles. The normalized spacial score (nSPS) is 23.4. The van der Waals surface area contributed by atoms with Crippen molar-refractivity contribution in [3.05, 3.63) is 36.3 Å². The zero-order valence-corrected chi connectivity index (χ0v) is 12.0. The molecule has 5 heteroatoms. The molecule has 3 heterocycles. The monoisotopic (exact) mass is 271 g/mol. The fourth-order valence-electron chi connectivity index (χ4n) is 2.87. The van der Waals surface area contributed by atoms with Crippen molar-refractivity contribution in [2.45, 2.75) is 19.5 Å². The Morgan fingerprint density at radius 1 is 1.30 bits per heavy atom. The third kappa shape index (κ3) is 2.59. The van der Waals surface area contributed by atoms with Crippen LogP contribution in [-0.2, 0) is 13.6 Å². The van der Waals surface area contributed by atoms with E-state index in [2.05, 4.69) is 28.1 Å². The highest BCUT2D eigenvalue weighted by molar-refractivity contribution is 5.61. The van der Waals surface area contributed by atoms with Gasteiger partial charge in [-0.1, -0.05) is 6.92 Å². The lowest BCUT2D eigenvalue weighted by Crippen LogP contribution is -2.28. The molecule has 0 bridgehead atoms. The molecule has 2 aromatic rings. The standard InChI is InChI=1S/C15H21N5/c1-11-7-20(10-14(11)16)9-13-8-19(2)18-15(13)12-3-5-17-6-4-12/h3-6,8,11,14H,7,9-10,16H2,1-2H3. The van der Waals surface area contributed by atoms with Gasteiger partial charge in [0, 0.05) is 62.4 Å². The van der Waals surface area contributed by atoms with Crippen LogP contribution in [0.25, 0.3) is 11.3 Å². The molecule has 2 atom stereocenters. The summed E-state index contributed by atoms with van der Waals surface area (Å²) in [5.41, 5.74) is 9.52. The molecule has 20 heavy (non-hydrogen) atoms. The summed E-state index contributed by atoms with van der Waals surface area (Å²) in [5.74, 6) is 0.566. The Balaban J connectivity index is 1.84. The molecule has 1 saturated heterocycles. The number of hydrogen-bond acceptors (Lipinski definition) is 4. The lowest BCUT2D eigenvalue weighted by molar-refractivity contribution is 0.319. The predicted molar refractivity (Wildman–Crippen MR) is 78.9 cm³/mol. The van der Waals surface area contributed by atoms with E-state index in [1.54, 1.807) is 0 Å². The maximum atomic E-state index is 6.11. The predicted octanol–water partition coefficient (Wildman–Crippen LogP) is 1.26. The lowest BCUT2D eigenvalue weighted by atomic mass is 10.1. The molecule has 2 unspecified atom stereocenters. The number of nitrogens with two attached hydrogens (primary N) is 1. The first-order valence-electron chi connectivity index (χ1n) is 7.04. The van der Waals surface area contributed by atoms with Gasteiger partial charge in [0.05, 0.1) is 5.69 Å². The molecule has 1 fully saturated rings. The van der Waals surface area contributed by atoms with Crippen LogP contribution in [0, 0.1) is 5.92 Å². The van der Waals surface area contributed by atoms with Crippen LogP contribution >= 0.6 is 0 Å². The zero-order chi connectivity index (χ0) is 14.1. The van der Waals surface area contributed by atoms with Crippen molar-refractivity contribution >= 4 is 0 Å². The van der Waals surface area contributed by atoms with E-state index in [-0.39, 0.29) is 6.04 Å². The van der Waals surface area contributed by atoms with Crippen molar-refractivity contribution in [3.63, 3.8) is 0 Å². The van der Waals surface area contributed by atoms with Gasteiger partial charge in [-0.2, -0.15) is 5.10 Å². The third-order valence-electron chi connectivity index (χ3n) is 4.00. The Morgan fingerprint density at radius 3 is 2.70 bits per heavy atom. The minimum absolute atomic E-state index is 0.288. The van der Waals surface area contributed by atoms with Gasteiger partial charge in [0.2, 0.25) is 0 Å². The second-order valence-corrected chi connectivity index (χ2v) is 5.75. The van der Waals surface area contributed by atoms with Gasteiger partial charge in [0.1, 0.15) is 0 Å². The highest BCUT2D eigenvalue weighted by atomic mass is 15.3. The van der Waals surface area contributed by atoms with Crippen molar-refractivity contribution in [3.8, 4) is 11.3 Å². The Morgan fingerprint density at radius 2 is 2.05 bits per heavy atom. The van der Waals surface area contributed by atoms with Crippen molar-refractivity contribution in [2.24, 2.45) is 18.7 Å². The highest BCUT2D eigenvalue weighted by Gasteiger charge is 2.27. The largest absolute Gasteiger partial charge is 0.326 e. The number of rotatable bonds is 3. The van der Waals surface area contributed by atoms with Gasteiger partial charge in [0.15, 0.2) is 0 Å². The van der Waals surface area contributed by atoms with E-state index in [0.29, 0.717) is 5.92 Å². The van der Waals surface area contributed by atoms with Crippen LogP contribution in [0.5, 0.6) is 0 Å². The molecule has 2 aromatic heterocycles. The second kappa shape index (κ2) is 5.34. The van der Waals surface area contributed by atoms with E-state index in [9.17, 15) is 0 Å². The maximum absolute atomic E-state index is 6.11. The summed E-state index contributed by atoms with van der Waals surface area (Å²) in [6.07, 6.45) is 5.72. The molecule has 0 aliphatic carbocycles. The fraction of sp³-hybridized carbons (Fsp3) is 0.467. The summed E-state index contributed by atoms with van der Waals surface area (Å²) in [5, 5.41) is 4.59. The van der Waals surface area contributed by atoms with Crippen molar-refractivity contribution in [1.82, 2.24) is 19.7 Å². The Bertz CT molecular complexity index is 567. The zero-order valence-electron chi connectivity index (χ0n) is 12.0. The Hall–Kier alpha value is -1.72. The average molecular weight is 271 g/mol. The summed E-state index contributed by atoms with van der Waals surface area (Å²) in [4.78, 5) is 6.48. The van der Waals surface area contributed by atoms with Crippen LogP contribution in [0.15, 0.2) is 30.7 Å². The molecule has 106 valence electrons. The molecular formula is C15H21N5. The quantitative estimate of drug-likeness (QED) is 0.913. The highest BCUT2D eigenvalue weighted by Crippen LogP contribution is 2.24. The van der Waals surface area contributed by atoms with Crippen LogP contribution in [-0.4, -0.2) is 38.8 Å². The van der Waals surface area contributed by atoms with Gasteiger partial charge in [0.25, 0.3) is 0 Å². The fourth-order valence-corrected chi connectivity index (χ4v) is 2.87. The molecule has 0 amide bonds. The Labute approximate surface area is 119 Å². The molecule has 3 rings (SSSR count). The maximum Gasteiger partial charge on any atom is 0.0969 e. The molecule has 5 nitrogen and oxygen atoms in total. The topological polar surface area (TPSA) is 60.0 Å². The van der Waals surface area contributed by atoms with Gasteiger partial charge in [-0.05, 0) is 18.1 Å². The first-order valence-corrected chi connectivity index (χ1v) is 7.04. The van der Waals surface area contributed by atoms with Crippen LogP contribution < -0.4 is 5.73 Å². The third-order valence-corrected chi connectivity index (χ3v) is 4.00. The number of aromatic nitrogens is 3. The van der Waals surface area contributed by atoms with Gasteiger partial charge in [-0.25, -0.2) is 0 Å². The number of hydrogen-bond donors (Lipinski definition) is 1. The number of likely N-dealkylation sites (tertiary alicyclic amines) is 1. The summed E-state index contributed by atoms with van der Waals surface area (Å²) in [6, 6.07) is 4.30. The van der Waals surface area contributed by atoms with Crippen LogP contribution in [0.3, 0.4) is 0 Å². The first-order chi connectivity index (χ1) is 9.63. The van der Waals surface area contributed by atoms with Gasteiger partial charge >= 0.3 is 0 Å². The molecule has 0 radical (unpaired) electrons. The van der Waals surface area contributed by atoms with Gasteiger partial charge in [-0.15, -0.1) is 0 Å². The van der Waals surface area contributed by atoms with Crippen molar-refractivity contribution in [2.75, 3.05) is 13.1 Å². The van der Waals surface area contributed by atoms with Crippen molar-refractivity contribution in [1.29, 1.82) is 0 Å². The summed E-state index contributed by atoms with van der Waals surface area (Å²) in [7, 11) is 1.96. The molecule has 1 aliphatic heterocycles. The summed E-state index contributed by atoms with van der Waals surface area (Å²) >= 11 is 0. The molecule has 0 spiro atoms. The van der Waals surface area contributed by atoms with E-state index >= 15 is 0 Å². The molecule has 1 aliphatic rings. The SMILES string of the molecule is CC1CN(Cc2cn(C)nc2-c2ccncc2)CC1N. The second-order valence-electron chi connectivity index (χ2n) is 5.75. The van der Waals surface area contributed by atoms with Crippen LogP contribution in [0.4, 0.5) is 0 Å². The van der Waals surface area contributed by atoms with Crippen molar-refractivity contribution < 1.29 is 0 Å². The molecule has 0 saturated carbocycles. The number of nitrogens with zero attached hydrogens (tertiary/aromatic N) is 4. The van der Waals surface area contributed by atoms with Gasteiger partial charge < -0.3 is 5.73 Å². The smallest absolute Gasteiger partial charge is 0.0969 e. The van der Waals surface area contributed by atoms with Gasteiger partial charge in [-0.3, -0.25) is 14.6 Å². The minimum atomic E-state index is 0.288. The molecule has 2 N–H and O–H groups in total. The number of pyridine rings is 1.